The molecule has 3 heterocycles. The number of imidazole rings is 1. The Balaban J connectivity index is 2.03. The zero-order chi connectivity index (χ0) is 12.7. The van der Waals surface area contributed by atoms with Gasteiger partial charge in [0.1, 0.15) is 0 Å². The SMILES string of the molecule is O=C1CCC(c2cc(Br)c3nccn3c2)C(=O)N1. The van der Waals surface area contributed by atoms with Gasteiger partial charge in [-0.2, -0.15) is 0 Å². The first-order valence-corrected chi connectivity index (χ1v) is 6.40. The molecule has 0 bridgehead atoms. The molecule has 2 aromatic rings. The molecule has 1 atom stereocenters. The van der Waals surface area contributed by atoms with Crippen LogP contribution >= 0.6 is 15.9 Å². The Bertz CT molecular complexity index is 650. The topological polar surface area (TPSA) is 63.5 Å². The molecule has 5 nitrogen and oxygen atoms in total. The molecule has 0 aliphatic carbocycles. The van der Waals surface area contributed by atoms with Crippen LogP contribution in [0.25, 0.3) is 5.65 Å². The highest BCUT2D eigenvalue weighted by Crippen LogP contribution is 2.28. The second-order valence-corrected chi connectivity index (χ2v) is 5.14. The predicted octanol–water partition coefficient (Wildman–Crippen LogP) is 1.62. The maximum absolute atomic E-state index is 11.8. The molecule has 18 heavy (non-hydrogen) atoms. The van der Waals surface area contributed by atoms with E-state index in [9.17, 15) is 9.59 Å². The standard InChI is InChI=1S/C12H10BrN3O2/c13-9-5-7(6-16-4-3-14-11(9)16)8-1-2-10(17)15-12(8)18/h3-6,8H,1-2H2,(H,15,17,18). The molecule has 2 aromatic heterocycles. The zero-order valence-corrected chi connectivity index (χ0v) is 11.0. The van der Waals surface area contributed by atoms with Gasteiger partial charge in [0.2, 0.25) is 11.8 Å². The second kappa shape index (κ2) is 4.20. The summed E-state index contributed by atoms with van der Waals surface area (Å²) in [5.41, 5.74) is 1.70. The van der Waals surface area contributed by atoms with E-state index in [0.717, 1.165) is 15.7 Å². The molecule has 1 aliphatic rings. The second-order valence-electron chi connectivity index (χ2n) is 4.28. The molecule has 2 amide bonds. The minimum Gasteiger partial charge on any atom is -0.306 e. The van der Waals surface area contributed by atoms with Crippen LogP contribution in [0.3, 0.4) is 0 Å². The van der Waals surface area contributed by atoms with E-state index >= 15 is 0 Å². The monoisotopic (exact) mass is 307 g/mol. The number of carbonyl (C=O) groups is 2. The van der Waals surface area contributed by atoms with Crippen LogP contribution in [-0.4, -0.2) is 21.2 Å². The van der Waals surface area contributed by atoms with Crippen LogP contribution in [0.4, 0.5) is 0 Å². The van der Waals surface area contributed by atoms with Crippen LogP contribution in [0.5, 0.6) is 0 Å². The third kappa shape index (κ3) is 1.82. The third-order valence-corrected chi connectivity index (χ3v) is 3.69. The van der Waals surface area contributed by atoms with E-state index in [-0.39, 0.29) is 17.7 Å². The molecule has 0 spiro atoms. The Morgan fingerprint density at radius 2 is 2.28 bits per heavy atom. The molecule has 1 saturated heterocycles. The van der Waals surface area contributed by atoms with Crippen molar-refractivity contribution >= 4 is 33.4 Å². The van der Waals surface area contributed by atoms with Crippen molar-refractivity contribution in [2.45, 2.75) is 18.8 Å². The number of amides is 2. The van der Waals surface area contributed by atoms with E-state index in [2.05, 4.69) is 26.2 Å². The Morgan fingerprint density at radius 1 is 1.44 bits per heavy atom. The first-order valence-electron chi connectivity index (χ1n) is 5.61. The van der Waals surface area contributed by atoms with Crippen molar-refractivity contribution in [3.8, 4) is 0 Å². The van der Waals surface area contributed by atoms with E-state index in [1.807, 2.05) is 22.9 Å². The average molecular weight is 308 g/mol. The highest BCUT2D eigenvalue weighted by molar-refractivity contribution is 9.10. The lowest BCUT2D eigenvalue weighted by Gasteiger charge is -2.21. The number of aromatic nitrogens is 2. The van der Waals surface area contributed by atoms with Crippen LogP contribution in [0, 0.1) is 0 Å². The fourth-order valence-corrected chi connectivity index (χ4v) is 2.78. The predicted molar refractivity (Wildman–Crippen MR) is 68.0 cm³/mol. The lowest BCUT2D eigenvalue weighted by molar-refractivity contribution is -0.134. The van der Waals surface area contributed by atoms with E-state index in [0.29, 0.717) is 12.8 Å². The molecule has 1 N–H and O–H groups in total. The molecule has 6 heteroatoms. The number of hydrogen-bond acceptors (Lipinski definition) is 3. The number of nitrogens with zero attached hydrogens (tertiary/aromatic N) is 2. The minimum absolute atomic E-state index is 0.195. The normalized spacial score (nSPS) is 20.2. The van der Waals surface area contributed by atoms with Gasteiger partial charge < -0.3 is 4.40 Å². The largest absolute Gasteiger partial charge is 0.306 e. The van der Waals surface area contributed by atoms with Crippen molar-refractivity contribution in [2.24, 2.45) is 0 Å². The van der Waals surface area contributed by atoms with Gasteiger partial charge in [0.25, 0.3) is 0 Å². The van der Waals surface area contributed by atoms with Crippen LogP contribution in [0.1, 0.15) is 24.3 Å². The van der Waals surface area contributed by atoms with Crippen LogP contribution in [0.2, 0.25) is 0 Å². The van der Waals surface area contributed by atoms with Crippen molar-refractivity contribution in [1.29, 1.82) is 0 Å². The maximum Gasteiger partial charge on any atom is 0.234 e. The molecule has 0 aromatic carbocycles. The van der Waals surface area contributed by atoms with E-state index in [1.54, 1.807) is 6.20 Å². The molecular formula is C12H10BrN3O2. The summed E-state index contributed by atoms with van der Waals surface area (Å²) in [5.74, 6) is -0.692. The highest BCUT2D eigenvalue weighted by atomic mass is 79.9. The van der Waals surface area contributed by atoms with Crippen LogP contribution in [0.15, 0.2) is 29.1 Å². The molecule has 0 saturated carbocycles. The summed E-state index contributed by atoms with van der Waals surface area (Å²) in [4.78, 5) is 27.1. The van der Waals surface area contributed by atoms with Gasteiger partial charge in [0.05, 0.1) is 10.4 Å². The van der Waals surface area contributed by atoms with Crippen molar-refractivity contribution in [3.05, 3.63) is 34.7 Å². The number of carbonyl (C=O) groups excluding carboxylic acids is 2. The number of imide groups is 1. The third-order valence-electron chi connectivity index (χ3n) is 3.11. The number of fused-ring (bicyclic) bond motifs is 1. The summed E-state index contributed by atoms with van der Waals surface area (Å²) in [6.45, 7) is 0. The van der Waals surface area contributed by atoms with Crippen molar-refractivity contribution in [3.63, 3.8) is 0 Å². The fraction of sp³-hybridized carbons (Fsp3) is 0.250. The molecule has 92 valence electrons. The Hall–Kier alpha value is -1.69. The van der Waals surface area contributed by atoms with Gasteiger partial charge in [-0.1, -0.05) is 0 Å². The first-order chi connectivity index (χ1) is 8.65. The molecular weight excluding hydrogens is 298 g/mol. The van der Waals surface area contributed by atoms with Crippen molar-refractivity contribution < 1.29 is 9.59 Å². The Kier molecular flexibility index (Phi) is 2.66. The van der Waals surface area contributed by atoms with Gasteiger partial charge in [-0.15, -0.1) is 0 Å². The zero-order valence-electron chi connectivity index (χ0n) is 9.39. The molecule has 1 aliphatic heterocycles. The minimum atomic E-state index is -0.272. The highest BCUT2D eigenvalue weighted by Gasteiger charge is 2.28. The quantitative estimate of drug-likeness (QED) is 0.814. The fourth-order valence-electron chi connectivity index (χ4n) is 2.21. The van der Waals surface area contributed by atoms with Crippen LogP contribution in [-0.2, 0) is 9.59 Å². The average Bonchev–Trinajstić information content (AvgIpc) is 2.77. The molecule has 1 fully saturated rings. The smallest absolute Gasteiger partial charge is 0.234 e. The number of pyridine rings is 1. The van der Waals surface area contributed by atoms with Crippen molar-refractivity contribution in [1.82, 2.24) is 14.7 Å². The number of halogens is 1. The van der Waals surface area contributed by atoms with Gasteiger partial charge in [-0.3, -0.25) is 14.9 Å². The number of hydrogen-bond donors (Lipinski definition) is 1. The van der Waals surface area contributed by atoms with Crippen LogP contribution < -0.4 is 5.32 Å². The number of rotatable bonds is 1. The summed E-state index contributed by atoms with van der Waals surface area (Å²) in [7, 11) is 0. The van der Waals surface area contributed by atoms with Gasteiger partial charge in [0, 0.05) is 25.0 Å². The summed E-state index contributed by atoms with van der Waals surface area (Å²) in [5, 5.41) is 2.37. The summed E-state index contributed by atoms with van der Waals surface area (Å²) < 4.78 is 2.71. The van der Waals surface area contributed by atoms with E-state index in [4.69, 9.17) is 0 Å². The summed E-state index contributed by atoms with van der Waals surface area (Å²) in [6.07, 6.45) is 6.35. The van der Waals surface area contributed by atoms with E-state index in [1.165, 1.54) is 0 Å². The molecule has 1 unspecified atom stereocenters. The molecule has 3 rings (SSSR count). The maximum atomic E-state index is 11.8. The van der Waals surface area contributed by atoms with Gasteiger partial charge in [-0.25, -0.2) is 4.98 Å². The Morgan fingerprint density at radius 3 is 3.06 bits per heavy atom. The van der Waals surface area contributed by atoms with Crippen molar-refractivity contribution in [2.75, 3.05) is 0 Å². The molecule has 0 radical (unpaired) electrons. The number of piperidine rings is 1. The van der Waals surface area contributed by atoms with E-state index < -0.39 is 0 Å². The summed E-state index contributed by atoms with van der Waals surface area (Å²) in [6, 6.07) is 1.89. The van der Waals surface area contributed by atoms with Gasteiger partial charge in [-0.05, 0) is 34.0 Å². The first kappa shape index (κ1) is 11.4. The lowest BCUT2D eigenvalue weighted by atomic mass is 9.92. The number of nitrogens with one attached hydrogen (secondary N) is 1. The Labute approximate surface area is 111 Å². The summed E-state index contributed by atoms with van der Waals surface area (Å²) >= 11 is 3.44. The van der Waals surface area contributed by atoms with Gasteiger partial charge in [0.15, 0.2) is 5.65 Å². The van der Waals surface area contributed by atoms with Gasteiger partial charge >= 0.3 is 0 Å². The lowest BCUT2D eigenvalue weighted by Crippen LogP contribution is -2.39.